The van der Waals surface area contributed by atoms with Crippen molar-refractivity contribution in [3.05, 3.63) is 41.6 Å². The summed E-state index contributed by atoms with van der Waals surface area (Å²) in [7, 11) is 0. The highest BCUT2D eigenvalue weighted by Gasteiger charge is 2.23. The Morgan fingerprint density at radius 2 is 1.84 bits per heavy atom. The average Bonchev–Trinajstić information content (AvgIpc) is 2.72. The molecule has 1 heterocycles. The van der Waals surface area contributed by atoms with Gasteiger partial charge in [0.05, 0.1) is 5.69 Å². The van der Waals surface area contributed by atoms with E-state index in [0.29, 0.717) is 5.82 Å². The van der Waals surface area contributed by atoms with Crippen LogP contribution in [0.15, 0.2) is 30.3 Å². The van der Waals surface area contributed by atoms with E-state index in [1.807, 2.05) is 10.7 Å². The van der Waals surface area contributed by atoms with Crippen molar-refractivity contribution in [1.29, 1.82) is 0 Å². The van der Waals surface area contributed by atoms with Crippen molar-refractivity contribution in [1.82, 2.24) is 15.0 Å². The molecule has 0 bridgehead atoms. The molecule has 4 nitrogen and oxygen atoms in total. The number of hydrogen-bond acceptors (Lipinski definition) is 3. The summed E-state index contributed by atoms with van der Waals surface area (Å²) >= 11 is 0. The van der Waals surface area contributed by atoms with Crippen LogP contribution in [-0.2, 0) is 18.4 Å². The second-order valence-corrected chi connectivity index (χ2v) is 5.89. The number of nitrogen functional groups attached to an aromatic ring is 1. The minimum absolute atomic E-state index is 0.0275. The number of aromatic nitrogens is 3. The van der Waals surface area contributed by atoms with Crippen LogP contribution in [0.3, 0.4) is 0 Å². The molecule has 102 valence electrons. The molecule has 0 aliphatic rings. The first-order chi connectivity index (χ1) is 8.98. The molecule has 0 atom stereocenters. The highest BCUT2D eigenvalue weighted by Crippen LogP contribution is 2.26. The van der Waals surface area contributed by atoms with Gasteiger partial charge in [0.1, 0.15) is 0 Å². The van der Waals surface area contributed by atoms with Crippen LogP contribution in [0, 0.1) is 0 Å². The summed E-state index contributed by atoms with van der Waals surface area (Å²) in [5.41, 5.74) is 8.27. The summed E-state index contributed by atoms with van der Waals surface area (Å²) in [5, 5.41) is 8.15. The Labute approximate surface area is 114 Å². The first-order valence-electron chi connectivity index (χ1n) is 6.72. The SMILES string of the molecule is CC(C)(C)c1c(N)nnn1CCCc1ccccc1. The summed E-state index contributed by atoms with van der Waals surface area (Å²) in [6.07, 6.45) is 2.08. The van der Waals surface area contributed by atoms with Crippen LogP contribution in [0.4, 0.5) is 5.82 Å². The molecule has 0 aliphatic carbocycles. The fraction of sp³-hybridized carbons (Fsp3) is 0.467. The molecule has 0 spiro atoms. The van der Waals surface area contributed by atoms with Gasteiger partial charge < -0.3 is 5.73 Å². The molecule has 4 heteroatoms. The fourth-order valence-corrected chi connectivity index (χ4v) is 2.33. The lowest BCUT2D eigenvalue weighted by Crippen LogP contribution is -2.20. The lowest BCUT2D eigenvalue weighted by molar-refractivity contribution is 0.470. The van der Waals surface area contributed by atoms with Crippen molar-refractivity contribution in [2.75, 3.05) is 5.73 Å². The highest BCUT2D eigenvalue weighted by molar-refractivity contribution is 5.37. The molecule has 0 unspecified atom stereocenters. The second kappa shape index (κ2) is 5.43. The molecule has 19 heavy (non-hydrogen) atoms. The molecule has 1 aromatic carbocycles. The predicted molar refractivity (Wildman–Crippen MR) is 77.9 cm³/mol. The van der Waals surface area contributed by atoms with Crippen LogP contribution in [0.5, 0.6) is 0 Å². The van der Waals surface area contributed by atoms with Crippen molar-refractivity contribution in [2.24, 2.45) is 0 Å². The van der Waals surface area contributed by atoms with Crippen LogP contribution >= 0.6 is 0 Å². The second-order valence-electron chi connectivity index (χ2n) is 5.89. The molecular weight excluding hydrogens is 236 g/mol. The Bertz CT molecular complexity index is 523. The van der Waals surface area contributed by atoms with E-state index in [1.165, 1.54) is 5.56 Å². The lowest BCUT2D eigenvalue weighted by atomic mass is 9.92. The molecule has 2 aromatic rings. The quantitative estimate of drug-likeness (QED) is 0.917. The number of aryl methyl sites for hydroxylation is 2. The molecule has 0 radical (unpaired) electrons. The number of hydrogen-bond donors (Lipinski definition) is 1. The van der Waals surface area contributed by atoms with Crippen molar-refractivity contribution < 1.29 is 0 Å². The Hall–Kier alpha value is -1.84. The lowest BCUT2D eigenvalue weighted by Gasteiger charge is -2.20. The third-order valence-electron chi connectivity index (χ3n) is 3.15. The van der Waals surface area contributed by atoms with Crippen molar-refractivity contribution in [3.63, 3.8) is 0 Å². The zero-order chi connectivity index (χ0) is 13.9. The summed E-state index contributed by atoms with van der Waals surface area (Å²) < 4.78 is 1.94. The Balaban J connectivity index is 2.01. The van der Waals surface area contributed by atoms with Gasteiger partial charge in [-0.2, -0.15) is 0 Å². The van der Waals surface area contributed by atoms with Crippen molar-refractivity contribution in [3.8, 4) is 0 Å². The van der Waals surface area contributed by atoms with Gasteiger partial charge in [-0.25, -0.2) is 4.68 Å². The minimum Gasteiger partial charge on any atom is -0.381 e. The first-order valence-corrected chi connectivity index (χ1v) is 6.72. The predicted octanol–water partition coefficient (Wildman–Crippen LogP) is 2.79. The zero-order valence-corrected chi connectivity index (χ0v) is 11.9. The van der Waals surface area contributed by atoms with Crippen LogP contribution in [-0.4, -0.2) is 15.0 Å². The molecule has 0 amide bonds. The van der Waals surface area contributed by atoms with Gasteiger partial charge in [0, 0.05) is 12.0 Å². The Morgan fingerprint density at radius 1 is 1.16 bits per heavy atom. The van der Waals surface area contributed by atoms with Crippen molar-refractivity contribution >= 4 is 5.82 Å². The van der Waals surface area contributed by atoms with E-state index < -0.39 is 0 Å². The van der Waals surface area contributed by atoms with E-state index in [9.17, 15) is 0 Å². The molecule has 0 fully saturated rings. The summed E-state index contributed by atoms with van der Waals surface area (Å²) in [4.78, 5) is 0. The number of anilines is 1. The molecule has 0 saturated carbocycles. The fourth-order valence-electron chi connectivity index (χ4n) is 2.33. The van der Waals surface area contributed by atoms with Crippen LogP contribution in [0.1, 0.15) is 38.4 Å². The van der Waals surface area contributed by atoms with Gasteiger partial charge in [-0.3, -0.25) is 0 Å². The summed E-state index contributed by atoms with van der Waals surface area (Å²) in [6.45, 7) is 7.26. The topological polar surface area (TPSA) is 56.7 Å². The van der Waals surface area contributed by atoms with Crippen molar-refractivity contribution in [2.45, 2.75) is 45.6 Å². The summed E-state index contributed by atoms with van der Waals surface area (Å²) in [5.74, 6) is 0.548. The monoisotopic (exact) mass is 258 g/mol. The third-order valence-corrected chi connectivity index (χ3v) is 3.15. The van der Waals surface area contributed by atoms with Gasteiger partial charge >= 0.3 is 0 Å². The van der Waals surface area contributed by atoms with Crippen LogP contribution < -0.4 is 5.73 Å². The van der Waals surface area contributed by atoms with Crippen LogP contribution in [0.25, 0.3) is 0 Å². The minimum atomic E-state index is -0.0275. The maximum Gasteiger partial charge on any atom is 0.169 e. The molecular formula is C15H22N4. The Morgan fingerprint density at radius 3 is 2.47 bits per heavy atom. The van der Waals surface area contributed by atoms with Gasteiger partial charge in [-0.1, -0.05) is 56.3 Å². The van der Waals surface area contributed by atoms with Gasteiger partial charge in [-0.05, 0) is 18.4 Å². The number of rotatable bonds is 4. The number of benzene rings is 1. The van der Waals surface area contributed by atoms with E-state index >= 15 is 0 Å². The number of nitrogens with zero attached hydrogens (tertiary/aromatic N) is 3. The zero-order valence-electron chi connectivity index (χ0n) is 11.9. The Kier molecular flexibility index (Phi) is 3.88. The molecule has 1 aromatic heterocycles. The van der Waals surface area contributed by atoms with E-state index in [2.05, 4.69) is 55.3 Å². The van der Waals surface area contributed by atoms with Gasteiger partial charge in [0.15, 0.2) is 5.82 Å². The maximum absolute atomic E-state index is 5.92. The summed E-state index contributed by atoms with van der Waals surface area (Å²) in [6, 6.07) is 10.5. The number of nitrogens with two attached hydrogens (primary N) is 1. The van der Waals surface area contributed by atoms with Gasteiger partial charge in [0.25, 0.3) is 0 Å². The molecule has 0 saturated heterocycles. The van der Waals surface area contributed by atoms with E-state index in [-0.39, 0.29) is 5.41 Å². The largest absolute Gasteiger partial charge is 0.381 e. The van der Waals surface area contributed by atoms with E-state index in [1.54, 1.807) is 0 Å². The molecule has 2 rings (SSSR count). The average molecular weight is 258 g/mol. The van der Waals surface area contributed by atoms with Gasteiger partial charge in [0.2, 0.25) is 0 Å². The standard InChI is InChI=1S/C15H22N4/c1-15(2,3)13-14(16)17-18-19(13)11-7-10-12-8-5-4-6-9-12/h4-6,8-9H,7,10-11,16H2,1-3H3. The van der Waals surface area contributed by atoms with Gasteiger partial charge in [-0.15, -0.1) is 5.10 Å². The smallest absolute Gasteiger partial charge is 0.169 e. The maximum atomic E-state index is 5.92. The molecule has 2 N–H and O–H groups in total. The van der Waals surface area contributed by atoms with E-state index in [4.69, 9.17) is 5.73 Å². The van der Waals surface area contributed by atoms with E-state index in [0.717, 1.165) is 25.1 Å². The molecule has 0 aliphatic heterocycles. The normalized spacial score (nSPS) is 11.7. The first kappa shape index (κ1) is 13.6. The highest BCUT2D eigenvalue weighted by atomic mass is 15.4. The van der Waals surface area contributed by atoms with Crippen LogP contribution in [0.2, 0.25) is 0 Å². The third kappa shape index (κ3) is 3.34.